The topological polar surface area (TPSA) is 79.9 Å². The van der Waals surface area contributed by atoms with Crippen LogP contribution in [0.3, 0.4) is 0 Å². The molecule has 0 aromatic rings. The van der Waals surface area contributed by atoms with Gasteiger partial charge < -0.3 is 5.11 Å². The van der Waals surface area contributed by atoms with Crippen LogP contribution >= 0.6 is 0 Å². The van der Waals surface area contributed by atoms with E-state index in [-0.39, 0.29) is 31.6 Å². The summed E-state index contributed by atoms with van der Waals surface area (Å²) in [4.78, 5) is 9.98. The van der Waals surface area contributed by atoms with Gasteiger partial charge in [-0.15, -0.1) is 5.76 Å². The second kappa shape index (κ2) is 22.4. The van der Waals surface area contributed by atoms with Crippen molar-refractivity contribution < 1.29 is 39.3 Å². The van der Waals surface area contributed by atoms with Gasteiger partial charge in [0.1, 0.15) is 0 Å². The summed E-state index contributed by atoms with van der Waals surface area (Å²) in [5.41, 5.74) is 0. The molecule has 12 heavy (non-hydrogen) atoms. The van der Waals surface area contributed by atoms with E-state index >= 15 is 0 Å². The predicted molar refractivity (Wildman–Crippen MR) is 32.3 cm³/mol. The van der Waals surface area contributed by atoms with Crippen molar-refractivity contribution >= 4 is 5.78 Å². The van der Waals surface area contributed by atoms with Crippen LogP contribution in [-0.2, 0) is 34.2 Å². The third-order valence-electron chi connectivity index (χ3n) is 0.407. The molecule has 0 amide bonds. The van der Waals surface area contributed by atoms with E-state index in [0.717, 1.165) is 6.08 Å². The normalized spacial score (nSPS) is 7.00. The van der Waals surface area contributed by atoms with Crippen LogP contribution in [0.5, 0.6) is 0 Å². The van der Waals surface area contributed by atoms with E-state index in [4.69, 9.17) is 9.30 Å². The first-order valence-electron chi connectivity index (χ1n) is 2.39. The molecule has 1 radical (unpaired) electrons. The van der Waals surface area contributed by atoms with Crippen LogP contribution in [0, 0.1) is 13.3 Å². The molecule has 4 nitrogen and oxygen atoms in total. The van der Waals surface area contributed by atoms with Gasteiger partial charge in [0.25, 0.3) is 0 Å². The average Bonchev–Trinajstić information content (AvgIpc) is 1.93. The van der Waals surface area contributed by atoms with Crippen molar-refractivity contribution in [3.63, 3.8) is 0 Å². The van der Waals surface area contributed by atoms with Crippen molar-refractivity contribution in [2.75, 3.05) is 0 Å². The average molecular weight is 347 g/mol. The van der Waals surface area contributed by atoms with Crippen molar-refractivity contribution in [3.8, 4) is 0 Å². The Morgan fingerprint density at radius 3 is 1.50 bits per heavy atom. The molecule has 0 bridgehead atoms. The number of hydrogen-bond acceptors (Lipinski definition) is 2. The number of allylic oxidation sites excluding steroid dienone is 2. The molecule has 0 unspecified atom stereocenters. The van der Waals surface area contributed by atoms with Crippen LogP contribution in [0.1, 0.15) is 13.8 Å². The van der Waals surface area contributed by atoms with E-state index < -0.39 is 0 Å². The summed E-state index contributed by atoms with van der Waals surface area (Å²) in [6.07, 6.45) is 1.06. The van der Waals surface area contributed by atoms with Crippen molar-refractivity contribution in [3.05, 3.63) is 25.1 Å². The van der Waals surface area contributed by atoms with Crippen LogP contribution < -0.4 is 5.11 Å². The van der Waals surface area contributed by atoms with Crippen LogP contribution in [0.25, 0.3) is 0 Å². The third kappa shape index (κ3) is 58.2. The van der Waals surface area contributed by atoms with E-state index in [2.05, 4.69) is 13.3 Å². The number of hydrogen-bond donors (Lipinski definition) is 0. The summed E-state index contributed by atoms with van der Waals surface area (Å²) in [5, 5.41) is 9.98. The van der Waals surface area contributed by atoms with Crippen molar-refractivity contribution in [1.29, 1.82) is 0 Å². The molecule has 0 saturated heterocycles. The van der Waals surface area contributed by atoms with E-state index in [1.165, 1.54) is 13.8 Å². The third-order valence-corrected chi connectivity index (χ3v) is 0.407. The Bertz CT molecular complexity index is 159. The van der Waals surface area contributed by atoms with Crippen LogP contribution in [0.4, 0.5) is 0 Å². The second-order valence-corrected chi connectivity index (χ2v) is 1.37. The Balaban J connectivity index is -0.0000000560. The molecular weight excluding hydrogens is 340 g/mol. The van der Waals surface area contributed by atoms with Gasteiger partial charge in [0.2, 0.25) is 0 Å². The summed E-state index contributed by atoms with van der Waals surface area (Å²) in [7, 11) is 0. The number of carbonyl (C=O) groups excluding carboxylic acids is 1. The van der Waals surface area contributed by atoms with Gasteiger partial charge in [0.15, 0.2) is 5.78 Å². The minimum absolute atomic E-state index is 0. The SMILES string of the molecule is CC(=O)C=C(C)[O-].[C-]#[O+].[C-]#[O+].[Ir]. The summed E-state index contributed by atoms with van der Waals surface area (Å²) in [5.74, 6) is -0.375. The number of ketones is 1. The zero-order valence-corrected chi connectivity index (χ0v) is 8.94. The van der Waals surface area contributed by atoms with E-state index in [1.54, 1.807) is 0 Å². The Hall–Kier alpha value is -0.661. The van der Waals surface area contributed by atoms with Gasteiger partial charge in [-0.2, -0.15) is 0 Å². The van der Waals surface area contributed by atoms with Gasteiger partial charge in [-0.1, -0.05) is 6.92 Å². The zero-order valence-electron chi connectivity index (χ0n) is 6.54. The van der Waals surface area contributed by atoms with Crippen molar-refractivity contribution in [1.82, 2.24) is 0 Å². The van der Waals surface area contributed by atoms with E-state index in [9.17, 15) is 9.90 Å². The quantitative estimate of drug-likeness (QED) is 0.284. The van der Waals surface area contributed by atoms with Gasteiger partial charge in [0.05, 0.1) is 0 Å². The molecule has 0 aromatic heterocycles. The molecule has 0 atom stereocenters. The van der Waals surface area contributed by atoms with Crippen LogP contribution in [-0.4, -0.2) is 5.78 Å². The molecule has 69 valence electrons. The van der Waals surface area contributed by atoms with Crippen molar-refractivity contribution in [2.45, 2.75) is 13.8 Å². The molecule has 0 N–H and O–H groups in total. The molecule has 0 aliphatic carbocycles. The fourth-order valence-corrected chi connectivity index (χ4v) is 0.286. The largest absolute Gasteiger partial charge is 0 e. The first-order valence-corrected chi connectivity index (χ1v) is 2.39. The number of carbonyl (C=O) groups is 1. The number of rotatable bonds is 1. The maximum absolute atomic E-state index is 9.98. The molecule has 0 aliphatic heterocycles. The van der Waals surface area contributed by atoms with Crippen LogP contribution in [0.15, 0.2) is 11.8 Å². The summed E-state index contributed by atoms with van der Waals surface area (Å²) >= 11 is 0. The molecular formula is C7H7IrO4-. The molecule has 5 heteroatoms. The predicted octanol–water partition coefficient (Wildman–Crippen LogP) is -0.238. The molecule has 0 spiro atoms. The monoisotopic (exact) mass is 348 g/mol. The van der Waals surface area contributed by atoms with Gasteiger partial charge >= 0.3 is 22.6 Å². The maximum atomic E-state index is 9.98. The van der Waals surface area contributed by atoms with Crippen LogP contribution in [0.2, 0.25) is 0 Å². The Morgan fingerprint density at radius 1 is 1.25 bits per heavy atom. The maximum Gasteiger partial charge on any atom is 0 e. The molecule has 0 saturated carbocycles. The summed E-state index contributed by atoms with van der Waals surface area (Å²) in [6, 6.07) is 0. The van der Waals surface area contributed by atoms with Gasteiger partial charge in [-0.05, 0) is 13.0 Å². The fourth-order valence-electron chi connectivity index (χ4n) is 0.286. The molecule has 0 fully saturated rings. The van der Waals surface area contributed by atoms with Crippen molar-refractivity contribution in [2.24, 2.45) is 0 Å². The fraction of sp³-hybridized carbons (Fsp3) is 0.286. The van der Waals surface area contributed by atoms with E-state index in [0.29, 0.717) is 0 Å². The van der Waals surface area contributed by atoms with Gasteiger partial charge in [-0.3, -0.25) is 4.79 Å². The minimum atomic E-state index is -0.187. The summed E-state index contributed by atoms with van der Waals surface area (Å²) in [6.45, 7) is 11.7. The minimum Gasteiger partial charge on any atom is 0 e. The molecule has 0 heterocycles. The molecule has 0 aromatic carbocycles. The smallest absolute Gasteiger partial charge is 0 e. The Morgan fingerprint density at radius 2 is 1.50 bits per heavy atom. The summed E-state index contributed by atoms with van der Waals surface area (Å²) < 4.78 is 15.0. The Labute approximate surface area is 84.4 Å². The van der Waals surface area contributed by atoms with Gasteiger partial charge in [-0.25, -0.2) is 0 Å². The molecule has 0 aliphatic rings. The first-order chi connectivity index (χ1) is 5.13. The Kier molecular flexibility index (Phi) is 42.1. The standard InChI is InChI=1S/C5H8O2.2CO.Ir/c1-4(6)3-5(2)7;2*1-2;/h3,6H,1-2H3;;;/p-1. The zero-order chi connectivity index (χ0) is 9.86. The second-order valence-electron chi connectivity index (χ2n) is 1.37. The molecule has 0 rings (SSSR count). The van der Waals surface area contributed by atoms with E-state index in [1.807, 2.05) is 0 Å². The first kappa shape index (κ1) is 22.5. The van der Waals surface area contributed by atoms with Gasteiger partial charge in [0, 0.05) is 20.1 Å².